The van der Waals surface area contributed by atoms with Crippen molar-refractivity contribution in [2.75, 3.05) is 5.73 Å². The van der Waals surface area contributed by atoms with E-state index in [0.29, 0.717) is 10.7 Å². The average molecular weight is 222 g/mol. The van der Waals surface area contributed by atoms with Crippen molar-refractivity contribution in [2.45, 2.75) is 13.5 Å². The lowest BCUT2D eigenvalue weighted by molar-refractivity contribution is 0.662. The van der Waals surface area contributed by atoms with Crippen LogP contribution in [0.15, 0.2) is 30.5 Å². The molecule has 0 aliphatic rings. The van der Waals surface area contributed by atoms with Crippen molar-refractivity contribution >= 4 is 17.3 Å². The molecule has 4 heteroatoms. The van der Waals surface area contributed by atoms with Gasteiger partial charge in [0.25, 0.3) is 0 Å². The fourth-order valence-electron chi connectivity index (χ4n) is 1.46. The van der Waals surface area contributed by atoms with E-state index in [1.54, 1.807) is 0 Å². The summed E-state index contributed by atoms with van der Waals surface area (Å²) < 4.78 is 1.81. The molecule has 2 N–H and O–H groups in total. The summed E-state index contributed by atoms with van der Waals surface area (Å²) in [6.45, 7) is 2.83. The Labute approximate surface area is 93.5 Å². The van der Waals surface area contributed by atoms with Crippen LogP contribution >= 0.6 is 11.6 Å². The van der Waals surface area contributed by atoms with Gasteiger partial charge in [-0.25, -0.2) is 0 Å². The maximum atomic E-state index is 5.91. The van der Waals surface area contributed by atoms with Crippen LogP contribution in [-0.2, 0) is 6.54 Å². The van der Waals surface area contributed by atoms with Crippen molar-refractivity contribution in [3.8, 4) is 11.3 Å². The zero-order valence-corrected chi connectivity index (χ0v) is 9.20. The van der Waals surface area contributed by atoms with E-state index in [1.807, 2.05) is 42.1 Å². The van der Waals surface area contributed by atoms with Gasteiger partial charge in [-0.15, -0.1) is 0 Å². The minimum absolute atomic E-state index is 0.680. The third-order valence-corrected chi connectivity index (χ3v) is 2.45. The number of halogens is 1. The lowest BCUT2D eigenvalue weighted by atomic mass is 10.1. The van der Waals surface area contributed by atoms with Gasteiger partial charge in [-0.1, -0.05) is 23.7 Å². The minimum atomic E-state index is 0.680. The largest absolute Gasteiger partial charge is 0.396 e. The highest BCUT2D eigenvalue weighted by Gasteiger charge is 2.07. The third kappa shape index (κ3) is 1.97. The van der Waals surface area contributed by atoms with E-state index in [4.69, 9.17) is 17.3 Å². The van der Waals surface area contributed by atoms with Gasteiger partial charge in [-0.2, -0.15) is 5.10 Å². The van der Waals surface area contributed by atoms with Crippen molar-refractivity contribution in [1.82, 2.24) is 9.78 Å². The fraction of sp³-hybridized carbons (Fsp3) is 0.182. The molecule has 0 aliphatic carbocycles. The molecule has 0 unspecified atom stereocenters. The van der Waals surface area contributed by atoms with Crippen molar-refractivity contribution in [2.24, 2.45) is 0 Å². The normalized spacial score (nSPS) is 10.5. The van der Waals surface area contributed by atoms with Crippen LogP contribution in [0.2, 0.25) is 5.02 Å². The highest BCUT2D eigenvalue weighted by Crippen LogP contribution is 2.25. The first-order chi connectivity index (χ1) is 7.20. The van der Waals surface area contributed by atoms with Gasteiger partial charge in [0.05, 0.1) is 5.69 Å². The van der Waals surface area contributed by atoms with Crippen LogP contribution in [0.25, 0.3) is 11.3 Å². The molecule has 0 saturated heterocycles. The minimum Gasteiger partial charge on any atom is -0.396 e. The molecule has 0 radical (unpaired) electrons. The molecule has 1 heterocycles. The Bertz CT molecular complexity index is 476. The molecular weight excluding hydrogens is 210 g/mol. The van der Waals surface area contributed by atoms with Crippen LogP contribution in [0.1, 0.15) is 6.92 Å². The summed E-state index contributed by atoms with van der Waals surface area (Å²) in [7, 11) is 0. The van der Waals surface area contributed by atoms with Gasteiger partial charge in [-0.05, 0) is 19.1 Å². The Balaban J connectivity index is 2.48. The van der Waals surface area contributed by atoms with E-state index in [1.165, 1.54) is 0 Å². The molecule has 0 saturated carbocycles. The third-order valence-electron chi connectivity index (χ3n) is 2.21. The second-order valence-electron chi connectivity index (χ2n) is 3.30. The summed E-state index contributed by atoms with van der Waals surface area (Å²) >= 11 is 5.91. The average Bonchev–Trinajstić information content (AvgIpc) is 2.60. The molecule has 1 aromatic heterocycles. The molecule has 0 spiro atoms. The van der Waals surface area contributed by atoms with Gasteiger partial charge in [0.15, 0.2) is 0 Å². The number of nitrogens with zero attached hydrogens (tertiary/aromatic N) is 2. The van der Waals surface area contributed by atoms with E-state index in [0.717, 1.165) is 17.8 Å². The quantitative estimate of drug-likeness (QED) is 0.848. The number of nitrogen functional groups attached to an aromatic ring is 1. The summed E-state index contributed by atoms with van der Waals surface area (Å²) in [6, 6.07) is 7.53. The first-order valence-electron chi connectivity index (χ1n) is 4.79. The van der Waals surface area contributed by atoms with Gasteiger partial charge in [0.2, 0.25) is 0 Å². The van der Waals surface area contributed by atoms with Gasteiger partial charge < -0.3 is 5.73 Å². The summed E-state index contributed by atoms with van der Waals surface area (Å²) in [6.07, 6.45) is 1.83. The molecule has 78 valence electrons. The summed E-state index contributed by atoms with van der Waals surface area (Å²) in [5.74, 6) is 0. The highest BCUT2D eigenvalue weighted by atomic mass is 35.5. The number of nitrogens with two attached hydrogens (primary N) is 1. The summed E-state index contributed by atoms with van der Waals surface area (Å²) in [4.78, 5) is 0. The van der Waals surface area contributed by atoms with Crippen LogP contribution in [0.4, 0.5) is 5.69 Å². The molecular formula is C11H12ClN3. The van der Waals surface area contributed by atoms with Gasteiger partial charge in [0.1, 0.15) is 5.69 Å². The molecule has 3 nitrogen and oxygen atoms in total. The van der Waals surface area contributed by atoms with Crippen LogP contribution in [0.5, 0.6) is 0 Å². The molecule has 15 heavy (non-hydrogen) atoms. The molecule has 0 aliphatic heterocycles. The molecule has 2 rings (SSSR count). The van der Waals surface area contributed by atoms with Gasteiger partial charge >= 0.3 is 0 Å². The van der Waals surface area contributed by atoms with Crippen LogP contribution in [0, 0.1) is 0 Å². The Kier molecular flexibility index (Phi) is 2.64. The molecule has 2 aromatic rings. The molecule has 0 atom stereocenters. The first-order valence-corrected chi connectivity index (χ1v) is 5.17. The monoisotopic (exact) mass is 221 g/mol. The Morgan fingerprint density at radius 2 is 2.27 bits per heavy atom. The van der Waals surface area contributed by atoms with Crippen LogP contribution in [-0.4, -0.2) is 9.78 Å². The van der Waals surface area contributed by atoms with Crippen LogP contribution in [0.3, 0.4) is 0 Å². The van der Waals surface area contributed by atoms with Crippen molar-refractivity contribution < 1.29 is 0 Å². The zero-order chi connectivity index (χ0) is 10.8. The topological polar surface area (TPSA) is 43.8 Å². The number of hydrogen-bond donors (Lipinski definition) is 1. The van der Waals surface area contributed by atoms with Gasteiger partial charge in [0, 0.05) is 23.3 Å². The Hall–Kier alpha value is -1.48. The lowest BCUT2D eigenvalue weighted by Crippen LogP contribution is -1.93. The molecule has 0 fully saturated rings. The smallest absolute Gasteiger partial charge is 0.115 e. The molecule has 0 bridgehead atoms. The van der Waals surface area contributed by atoms with Crippen LogP contribution < -0.4 is 5.73 Å². The molecule has 1 aromatic carbocycles. The van der Waals surface area contributed by atoms with E-state index >= 15 is 0 Å². The maximum absolute atomic E-state index is 5.91. The Morgan fingerprint density at radius 3 is 2.87 bits per heavy atom. The van der Waals surface area contributed by atoms with Crippen molar-refractivity contribution in [1.29, 1.82) is 0 Å². The summed E-state index contributed by atoms with van der Waals surface area (Å²) in [5.41, 5.74) is 8.29. The lowest BCUT2D eigenvalue weighted by Gasteiger charge is -1.98. The van der Waals surface area contributed by atoms with E-state index < -0.39 is 0 Å². The van der Waals surface area contributed by atoms with E-state index in [-0.39, 0.29) is 0 Å². The zero-order valence-electron chi connectivity index (χ0n) is 8.44. The Morgan fingerprint density at radius 1 is 1.47 bits per heavy atom. The maximum Gasteiger partial charge on any atom is 0.115 e. The fourth-order valence-corrected chi connectivity index (χ4v) is 1.65. The van der Waals surface area contributed by atoms with E-state index in [2.05, 4.69) is 5.10 Å². The SMILES string of the molecule is CCn1cc(N)c(-c2cccc(Cl)c2)n1. The number of aryl methyl sites for hydroxylation is 1. The second kappa shape index (κ2) is 3.95. The van der Waals surface area contributed by atoms with Crippen molar-refractivity contribution in [3.05, 3.63) is 35.5 Å². The highest BCUT2D eigenvalue weighted by molar-refractivity contribution is 6.30. The predicted octanol–water partition coefficient (Wildman–Crippen LogP) is 2.81. The number of benzene rings is 1. The standard InChI is InChI=1S/C11H12ClN3/c1-2-15-7-10(13)11(14-15)8-4-3-5-9(12)6-8/h3-7H,2,13H2,1H3. The number of rotatable bonds is 2. The first kappa shape index (κ1) is 10.1. The molecule has 0 amide bonds. The number of aromatic nitrogens is 2. The second-order valence-corrected chi connectivity index (χ2v) is 3.74. The summed E-state index contributed by atoms with van der Waals surface area (Å²) in [5, 5.41) is 5.07. The van der Waals surface area contributed by atoms with Gasteiger partial charge in [-0.3, -0.25) is 4.68 Å². The van der Waals surface area contributed by atoms with Crippen molar-refractivity contribution in [3.63, 3.8) is 0 Å². The van der Waals surface area contributed by atoms with E-state index in [9.17, 15) is 0 Å². The predicted molar refractivity (Wildman–Crippen MR) is 62.8 cm³/mol. The number of hydrogen-bond acceptors (Lipinski definition) is 2. The number of anilines is 1.